The Labute approximate surface area is 90.0 Å². The van der Waals surface area contributed by atoms with Crippen LogP contribution in [0, 0.1) is 11.3 Å². The van der Waals surface area contributed by atoms with Gasteiger partial charge in [-0.3, -0.25) is 0 Å². The summed E-state index contributed by atoms with van der Waals surface area (Å²) in [6, 6.07) is 5.73. The third-order valence-electron chi connectivity index (χ3n) is 1.79. The molecule has 0 radical (unpaired) electrons. The molecule has 0 saturated heterocycles. The fraction of sp³-hybridized carbons (Fsp3) is 0.300. The van der Waals surface area contributed by atoms with E-state index in [1.54, 1.807) is 6.07 Å². The molecule has 1 aromatic carbocycles. The second-order valence-electron chi connectivity index (χ2n) is 2.82. The number of ether oxygens (including phenoxy) is 2. The highest BCUT2D eigenvalue weighted by molar-refractivity contribution is 5.46. The highest BCUT2D eigenvalue weighted by Crippen LogP contribution is 2.32. The van der Waals surface area contributed by atoms with E-state index in [4.69, 9.17) is 10.00 Å². The van der Waals surface area contributed by atoms with Gasteiger partial charge in [-0.2, -0.15) is 5.26 Å². The van der Waals surface area contributed by atoms with Crippen molar-refractivity contribution in [1.29, 1.82) is 5.26 Å². The largest absolute Gasteiger partial charge is 0.573 e. The van der Waals surface area contributed by atoms with Gasteiger partial charge in [0.2, 0.25) is 0 Å². The lowest BCUT2D eigenvalue weighted by molar-refractivity contribution is -0.274. The molecule has 0 unspecified atom stereocenters. The van der Waals surface area contributed by atoms with Crippen molar-refractivity contribution in [2.24, 2.45) is 0 Å². The van der Waals surface area contributed by atoms with Crippen molar-refractivity contribution in [3.8, 4) is 17.6 Å². The minimum atomic E-state index is -4.78. The van der Waals surface area contributed by atoms with Crippen LogP contribution in [0.25, 0.3) is 0 Å². The van der Waals surface area contributed by atoms with Crippen molar-refractivity contribution in [3.05, 3.63) is 23.8 Å². The van der Waals surface area contributed by atoms with E-state index in [0.717, 1.165) is 6.07 Å². The number of rotatable bonds is 3. The molecular formula is C10H8F3NO2. The number of methoxy groups -OCH3 is 1. The zero-order valence-corrected chi connectivity index (χ0v) is 8.34. The molecule has 0 bridgehead atoms. The first-order valence-corrected chi connectivity index (χ1v) is 4.26. The van der Waals surface area contributed by atoms with Gasteiger partial charge in [0.25, 0.3) is 0 Å². The van der Waals surface area contributed by atoms with Gasteiger partial charge in [0.05, 0.1) is 25.2 Å². The molecule has 0 spiro atoms. The monoisotopic (exact) mass is 231 g/mol. The van der Waals surface area contributed by atoms with Crippen LogP contribution in [0.5, 0.6) is 11.5 Å². The Morgan fingerprint density at radius 2 is 1.94 bits per heavy atom. The second kappa shape index (κ2) is 4.75. The quantitative estimate of drug-likeness (QED) is 0.803. The van der Waals surface area contributed by atoms with Crippen molar-refractivity contribution in [2.45, 2.75) is 12.8 Å². The summed E-state index contributed by atoms with van der Waals surface area (Å²) in [6.07, 6.45) is -4.99. The summed E-state index contributed by atoms with van der Waals surface area (Å²) in [7, 11) is 1.31. The highest BCUT2D eigenvalue weighted by atomic mass is 19.4. The Morgan fingerprint density at radius 3 is 2.44 bits per heavy atom. The molecule has 0 N–H and O–H groups in total. The molecule has 0 fully saturated rings. The predicted molar refractivity (Wildman–Crippen MR) is 49.0 cm³/mol. The van der Waals surface area contributed by atoms with Crippen molar-refractivity contribution in [1.82, 2.24) is 0 Å². The minimum absolute atomic E-state index is 0.0878. The lowest BCUT2D eigenvalue weighted by atomic mass is 10.1. The number of nitriles is 1. The molecule has 0 aromatic heterocycles. The van der Waals surface area contributed by atoms with Crippen LogP contribution in [0.15, 0.2) is 18.2 Å². The maximum Gasteiger partial charge on any atom is 0.573 e. The third kappa shape index (κ3) is 3.05. The van der Waals surface area contributed by atoms with Crippen molar-refractivity contribution >= 4 is 0 Å². The third-order valence-corrected chi connectivity index (χ3v) is 1.79. The first-order chi connectivity index (χ1) is 7.48. The van der Waals surface area contributed by atoms with Crippen LogP contribution in [0.1, 0.15) is 5.56 Å². The Kier molecular flexibility index (Phi) is 3.61. The van der Waals surface area contributed by atoms with Crippen LogP contribution in [-0.2, 0) is 6.42 Å². The summed E-state index contributed by atoms with van der Waals surface area (Å²) in [5.41, 5.74) is 0.0878. The Morgan fingerprint density at radius 1 is 1.31 bits per heavy atom. The van der Waals surface area contributed by atoms with E-state index in [-0.39, 0.29) is 17.7 Å². The first-order valence-electron chi connectivity index (χ1n) is 4.26. The average Bonchev–Trinajstić information content (AvgIpc) is 2.18. The van der Waals surface area contributed by atoms with Gasteiger partial charge < -0.3 is 9.47 Å². The summed E-state index contributed by atoms with van der Waals surface area (Å²) < 4.78 is 44.8. The molecule has 0 aliphatic rings. The molecule has 0 saturated carbocycles. The van der Waals surface area contributed by atoms with E-state index in [0.29, 0.717) is 0 Å². The highest BCUT2D eigenvalue weighted by Gasteiger charge is 2.32. The van der Waals surface area contributed by atoms with Crippen LogP contribution in [0.2, 0.25) is 0 Å². The topological polar surface area (TPSA) is 42.2 Å². The van der Waals surface area contributed by atoms with Crippen LogP contribution in [0.4, 0.5) is 13.2 Å². The van der Waals surface area contributed by atoms with Crippen LogP contribution >= 0.6 is 0 Å². The van der Waals surface area contributed by atoms with Gasteiger partial charge in [0.1, 0.15) is 11.5 Å². The standard InChI is InChI=1S/C10H8F3NO2/c1-15-8-3-2-4-9(7(8)5-6-14)16-10(11,12)13/h2-4H,5H2,1H3. The number of hydrogen-bond donors (Lipinski definition) is 0. The fourth-order valence-electron chi connectivity index (χ4n) is 1.21. The van der Waals surface area contributed by atoms with Gasteiger partial charge in [-0.25, -0.2) is 0 Å². The zero-order chi connectivity index (χ0) is 12.2. The van der Waals surface area contributed by atoms with Gasteiger partial charge in [-0.15, -0.1) is 13.2 Å². The molecule has 1 rings (SSSR count). The van der Waals surface area contributed by atoms with Crippen molar-refractivity contribution in [3.63, 3.8) is 0 Å². The van der Waals surface area contributed by atoms with E-state index in [1.807, 2.05) is 0 Å². The summed E-state index contributed by atoms with van der Waals surface area (Å²) in [5.74, 6) is -0.211. The van der Waals surface area contributed by atoms with Crippen LogP contribution < -0.4 is 9.47 Å². The maximum atomic E-state index is 12.1. The summed E-state index contributed by atoms with van der Waals surface area (Å²) in [4.78, 5) is 0. The van der Waals surface area contributed by atoms with E-state index >= 15 is 0 Å². The molecule has 1 aromatic rings. The zero-order valence-electron chi connectivity index (χ0n) is 8.34. The smallest absolute Gasteiger partial charge is 0.496 e. The molecule has 86 valence electrons. The molecule has 0 amide bonds. The Hall–Kier alpha value is -1.90. The van der Waals surface area contributed by atoms with Gasteiger partial charge in [0, 0.05) is 0 Å². The molecule has 6 heteroatoms. The number of halogens is 3. The van der Waals surface area contributed by atoms with Gasteiger partial charge in [-0.05, 0) is 12.1 Å². The summed E-state index contributed by atoms with van der Waals surface area (Å²) >= 11 is 0. The lowest BCUT2D eigenvalue weighted by Gasteiger charge is -2.14. The van der Waals surface area contributed by atoms with Gasteiger partial charge in [0.15, 0.2) is 0 Å². The van der Waals surface area contributed by atoms with Crippen molar-refractivity contribution < 1.29 is 22.6 Å². The summed E-state index contributed by atoms with van der Waals surface area (Å²) in [6.45, 7) is 0. The first kappa shape index (κ1) is 12.2. The average molecular weight is 231 g/mol. The molecule has 0 heterocycles. The van der Waals surface area contributed by atoms with Crippen LogP contribution in [-0.4, -0.2) is 13.5 Å². The summed E-state index contributed by atoms with van der Waals surface area (Å²) in [5, 5.41) is 8.52. The predicted octanol–water partition coefficient (Wildman–Crippen LogP) is 2.66. The van der Waals surface area contributed by atoms with Crippen molar-refractivity contribution in [2.75, 3.05) is 7.11 Å². The van der Waals surface area contributed by atoms with E-state index in [2.05, 4.69) is 4.74 Å². The molecule has 0 atom stereocenters. The fourth-order valence-corrected chi connectivity index (χ4v) is 1.21. The number of nitrogens with zero attached hydrogens (tertiary/aromatic N) is 1. The SMILES string of the molecule is COc1cccc(OC(F)(F)F)c1CC#N. The molecule has 0 aliphatic carbocycles. The van der Waals surface area contributed by atoms with E-state index in [9.17, 15) is 13.2 Å². The van der Waals surface area contributed by atoms with Crippen LogP contribution in [0.3, 0.4) is 0 Å². The molecule has 16 heavy (non-hydrogen) atoms. The molecule has 3 nitrogen and oxygen atoms in total. The van der Waals surface area contributed by atoms with E-state index in [1.165, 1.54) is 19.2 Å². The number of benzene rings is 1. The minimum Gasteiger partial charge on any atom is -0.496 e. The second-order valence-corrected chi connectivity index (χ2v) is 2.82. The number of hydrogen-bond acceptors (Lipinski definition) is 3. The normalized spacial score (nSPS) is 10.7. The number of alkyl halides is 3. The lowest BCUT2D eigenvalue weighted by Crippen LogP contribution is -2.18. The Balaban J connectivity index is 3.12. The van der Waals surface area contributed by atoms with Gasteiger partial charge in [-0.1, -0.05) is 6.07 Å². The Bertz CT molecular complexity index is 410. The maximum absolute atomic E-state index is 12.1. The van der Waals surface area contributed by atoms with E-state index < -0.39 is 12.1 Å². The molecular weight excluding hydrogens is 223 g/mol. The van der Waals surface area contributed by atoms with Gasteiger partial charge >= 0.3 is 6.36 Å². The molecule has 0 aliphatic heterocycles.